The lowest BCUT2D eigenvalue weighted by molar-refractivity contribution is 0.674. The van der Waals surface area contributed by atoms with Crippen LogP contribution in [0.15, 0.2) is 108 Å². The maximum Gasteiger partial charge on any atom is 0.176 e. The number of benzene rings is 7. The van der Waals surface area contributed by atoms with E-state index in [0.29, 0.717) is 11.0 Å². The first kappa shape index (κ1) is 34.8. The SMILES string of the molecule is C/C=c1\c(=C/C)n(-c2nc3cc4c(cc3nc2Cl)c2c(c3ccccc34)CCC=C2)c2c3oc4c5ccccc5ccc4c3c3ccccc3c12.CC.CC. The lowest BCUT2D eigenvalue weighted by atomic mass is 9.86. The summed E-state index contributed by atoms with van der Waals surface area (Å²) in [6.07, 6.45) is 10.9. The van der Waals surface area contributed by atoms with Gasteiger partial charge >= 0.3 is 0 Å². The standard InChI is InChI=1S/C46H30ClN3O.2C2H6/c1-3-26-39(4-2)50(42-40(26)32-19-11-12-20-33(32)41-34-22-21-25-13-5-6-14-27(25)43(34)51-44(41)42)46-45(47)48-37-23-35-30-17-9-7-15-28(30)29-16-8-10-18-31(29)36(35)24-38(37)49-46;2*1-2/h3-6,8-14,16-24H,7,15H2,1-2H3;2*1-2H3/b26-3+,39-4+;;. The van der Waals surface area contributed by atoms with E-state index in [-0.39, 0.29) is 0 Å². The molecule has 0 spiro atoms. The molecule has 5 heteroatoms. The van der Waals surface area contributed by atoms with Gasteiger partial charge in [0.2, 0.25) is 0 Å². The monoisotopic (exact) mass is 735 g/mol. The summed E-state index contributed by atoms with van der Waals surface area (Å²) >= 11 is 7.27. The third kappa shape index (κ3) is 4.97. The van der Waals surface area contributed by atoms with Crippen LogP contribution in [-0.4, -0.2) is 14.5 Å². The molecule has 0 fully saturated rings. The summed E-state index contributed by atoms with van der Waals surface area (Å²) in [6, 6.07) is 34.6. The summed E-state index contributed by atoms with van der Waals surface area (Å²) in [5.41, 5.74) is 6.87. The van der Waals surface area contributed by atoms with Crippen LogP contribution in [0.2, 0.25) is 5.15 Å². The van der Waals surface area contributed by atoms with Crippen molar-refractivity contribution in [2.75, 3.05) is 0 Å². The van der Waals surface area contributed by atoms with E-state index in [0.717, 1.165) is 88.8 Å². The van der Waals surface area contributed by atoms with Gasteiger partial charge in [-0.1, -0.05) is 142 Å². The Balaban J connectivity index is 0.000000963. The number of furan rings is 1. The first-order chi connectivity index (χ1) is 27.1. The molecule has 0 amide bonds. The fourth-order valence-electron chi connectivity index (χ4n) is 8.91. The summed E-state index contributed by atoms with van der Waals surface area (Å²) in [7, 11) is 0. The number of rotatable bonds is 1. The van der Waals surface area contributed by atoms with Gasteiger partial charge in [0.25, 0.3) is 0 Å². The van der Waals surface area contributed by atoms with Crippen LogP contribution >= 0.6 is 11.6 Å². The predicted molar refractivity (Wildman–Crippen MR) is 238 cm³/mol. The minimum Gasteiger partial charge on any atom is -0.453 e. The quantitative estimate of drug-likeness (QED) is 0.125. The van der Waals surface area contributed by atoms with Crippen LogP contribution in [0.4, 0.5) is 0 Å². The topological polar surface area (TPSA) is 43.9 Å². The second kappa shape index (κ2) is 13.7. The van der Waals surface area contributed by atoms with E-state index in [1.54, 1.807) is 0 Å². The first-order valence-corrected chi connectivity index (χ1v) is 20.0. The molecule has 55 heavy (non-hydrogen) atoms. The molecule has 0 N–H and O–H groups in total. The van der Waals surface area contributed by atoms with E-state index in [9.17, 15) is 0 Å². The molecular formula is C50H42ClN3O. The summed E-state index contributed by atoms with van der Waals surface area (Å²) in [5, 5.41) is 15.2. The second-order valence-corrected chi connectivity index (χ2v) is 13.9. The van der Waals surface area contributed by atoms with E-state index < -0.39 is 0 Å². The lowest BCUT2D eigenvalue weighted by Gasteiger charge is -2.18. The Morgan fingerprint density at radius 2 is 1.29 bits per heavy atom. The summed E-state index contributed by atoms with van der Waals surface area (Å²) in [5.74, 6) is 0.582. The van der Waals surface area contributed by atoms with Gasteiger partial charge in [-0.3, -0.25) is 4.57 Å². The molecule has 4 nitrogen and oxygen atoms in total. The number of nitrogens with zero attached hydrogens (tertiary/aromatic N) is 3. The minimum absolute atomic E-state index is 0.345. The van der Waals surface area contributed by atoms with Crippen LogP contribution in [0.3, 0.4) is 0 Å². The Morgan fingerprint density at radius 3 is 2.04 bits per heavy atom. The van der Waals surface area contributed by atoms with Crippen LogP contribution in [0.25, 0.3) is 111 Å². The molecule has 0 saturated carbocycles. The van der Waals surface area contributed by atoms with Crippen LogP contribution < -0.4 is 10.6 Å². The lowest BCUT2D eigenvalue weighted by Crippen LogP contribution is -2.28. The summed E-state index contributed by atoms with van der Waals surface area (Å²) < 4.78 is 9.22. The van der Waals surface area contributed by atoms with Gasteiger partial charge in [-0.05, 0) is 93.7 Å². The van der Waals surface area contributed by atoms with Crippen molar-refractivity contribution in [3.05, 3.63) is 130 Å². The molecule has 3 heterocycles. The third-order valence-electron chi connectivity index (χ3n) is 11.0. The van der Waals surface area contributed by atoms with Gasteiger partial charge in [0.1, 0.15) is 5.58 Å². The van der Waals surface area contributed by atoms with E-state index >= 15 is 0 Å². The van der Waals surface area contributed by atoms with Gasteiger partial charge in [0.05, 0.1) is 21.9 Å². The minimum atomic E-state index is 0.345. The molecule has 1 aliphatic carbocycles. The van der Waals surface area contributed by atoms with Gasteiger partial charge in [-0.2, -0.15) is 0 Å². The van der Waals surface area contributed by atoms with Crippen molar-refractivity contribution in [3.8, 4) is 5.82 Å². The van der Waals surface area contributed by atoms with E-state index in [2.05, 4.69) is 140 Å². The first-order valence-electron chi connectivity index (χ1n) is 19.6. The number of hydrogen-bond acceptors (Lipinski definition) is 3. The smallest absolute Gasteiger partial charge is 0.176 e. The zero-order chi connectivity index (χ0) is 38.0. The largest absolute Gasteiger partial charge is 0.453 e. The van der Waals surface area contributed by atoms with Crippen molar-refractivity contribution < 1.29 is 4.42 Å². The van der Waals surface area contributed by atoms with Crippen molar-refractivity contribution in [1.82, 2.24) is 14.5 Å². The molecule has 0 atom stereocenters. The molecule has 270 valence electrons. The average molecular weight is 736 g/mol. The molecule has 11 rings (SSSR count). The Bertz CT molecular complexity index is 3350. The van der Waals surface area contributed by atoms with Crippen molar-refractivity contribution in [2.45, 2.75) is 54.4 Å². The molecule has 0 unspecified atom stereocenters. The van der Waals surface area contributed by atoms with Crippen LogP contribution in [-0.2, 0) is 6.42 Å². The predicted octanol–water partition coefficient (Wildman–Crippen LogP) is 13.4. The van der Waals surface area contributed by atoms with Crippen LogP contribution in [0, 0.1) is 0 Å². The maximum atomic E-state index is 7.27. The molecule has 0 saturated heterocycles. The van der Waals surface area contributed by atoms with E-state index in [1.807, 2.05) is 27.7 Å². The van der Waals surface area contributed by atoms with Crippen molar-refractivity contribution in [3.63, 3.8) is 0 Å². The van der Waals surface area contributed by atoms with Gasteiger partial charge < -0.3 is 4.42 Å². The second-order valence-electron chi connectivity index (χ2n) is 13.6. The highest BCUT2D eigenvalue weighted by Gasteiger charge is 2.25. The summed E-state index contributed by atoms with van der Waals surface area (Å²) in [6.45, 7) is 12.2. The Morgan fingerprint density at radius 1 is 0.636 bits per heavy atom. The van der Waals surface area contributed by atoms with Gasteiger partial charge in [-0.15, -0.1) is 0 Å². The Labute approximate surface area is 324 Å². The molecule has 3 aromatic heterocycles. The number of aryl methyl sites for hydroxylation is 1. The van der Waals surface area contributed by atoms with Crippen molar-refractivity contribution in [2.24, 2.45) is 0 Å². The molecule has 0 aliphatic heterocycles. The maximum absolute atomic E-state index is 7.27. The molecular weight excluding hydrogens is 694 g/mol. The zero-order valence-corrected chi connectivity index (χ0v) is 32.8. The fraction of sp³-hybridized carbons (Fsp3) is 0.160. The highest BCUT2D eigenvalue weighted by atomic mass is 35.5. The summed E-state index contributed by atoms with van der Waals surface area (Å²) in [4.78, 5) is 10.5. The number of halogens is 1. The van der Waals surface area contributed by atoms with Gasteiger partial charge in [0.15, 0.2) is 16.6 Å². The Hall–Kier alpha value is -5.97. The van der Waals surface area contributed by atoms with E-state index in [1.165, 1.54) is 32.7 Å². The molecule has 10 aromatic rings. The number of hydrogen-bond donors (Lipinski definition) is 0. The van der Waals surface area contributed by atoms with Gasteiger partial charge in [-0.25, -0.2) is 9.97 Å². The van der Waals surface area contributed by atoms with Crippen molar-refractivity contribution >= 4 is 117 Å². The van der Waals surface area contributed by atoms with Crippen molar-refractivity contribution in [1.29, 1.82) is 0 Å². The average Bonchev–Trinajstić information content (AvgIpc) is 3.81. The number of allylic oxidation sites excluding steroid dienone is 1. The molecule has 7 aromatic carbocycles. The van der Waals surface area contributed by atoms with Crippen LogP contribution in [0.1, 0.15) is 59.1 Å². The molecule has 0 radical (unpaired) electrons. The van der Waals surface area contributed by atoms with Crippen LogP contribution in [0.5, 0.6) is 0 Å². The number of fused-ring (bicyclic) bond motifs is 17. The third-order valence-corrected chi connectivity index (χ3v) is 11.3. The van der Waals surface area contributed by atoms with Gasteiger partial charge in [0, 0.05) is 26.8 Å². The molecule has 0 bridgehead atoms. The fourth-order valence-corrected chi connectivity index (χ4v) is 9.13. The number of aromatic nitrogens is 3. The Kier molecular flexibility index (Phi) is 8.67. The zero-order valence-electron chi connectivity index (χ0n) is 32.1. The highest BCUT2D eigenvalue weighted by Crippen LogP contribution is 2.43. The van der Waals surface area contributed by atoms with E-state index in [4.69, 9.17) is 26.0 Å². The normalized spacial score (nSPS) is 13.4. The highest BCUT2D eigenvalue weighted by molar-refractivity contribution is 6.33. The molecule has 1 aliphatic rings.